The maximum absolute atomic E-state index is 14.5. The highest BCUT2D eigenvalue weighted by molar-refractivity contribution is 7.11. The van der Waals surface area contributed by atoms with Crippen LogP contribution in [-0.2, 0) is 4.74 Å². The minimum Gasteiger partial charge on any atom is -0.447 e. The minimum absolute atomic E-state index is 0.0443. The van der Waals surface area contributed by atoms with Crippen LogP contribution in [0.2, 0.25) is 5.02 Å². The van der Waals surface area contributed by atoms with E-state index in [4.69, 9.17) is 21.3 Å². The molecular weight excluding hydrogens is 505 g/mol. The molecule has 3 aliphatic heterocycles. The van der Waals surface area contributed by atoms with Crippen LogP contribution in [0.15, 0.2) is 52.7 Å². The number of halogens is 4. The lowest BCUT2D eigenvalue weighted by Gasteiger charge is -2.32. The first-order chi connectivity index (χ1) is 16.8. The molecule has 1 aromatic carbocycles. The fourth-order valence-electron chi connectivity index (χ4n) is 4.71. The number of rotatable bonds is 4. The molecule has 13 heteroatoms. The van der Waals surface area contributed by atoms with E-state index in [1.807, 2.05) is 10.3 Å². The third-order valence-electron chi connectivity index (χ3n) is 6.20. The summed E-state index contributed by atoms with van der Waals surface area (Å²) >= 11 is 7.29. The number of hydrogen-bond acceptors (Lipinski definition) is 7. The lowest BCUT2D eigenvalue weighted by molar-refractivity contribution is 0.0564. The molecule has 1 N–H and O–H groups in total. The number of amidine groups is 1. The van der Waals surface area contributed by atoms with Gasteiger partial charge in [-0.05, 0) is 23.8 Å². The number of alkyl halides is 2. The first-order valence-corrected chi connectivity index (χ1v) is 11.8. The van der Waals surface area contributed by atoms with Crippen LogP contribution in [-0.4, -0.2) is 50.3 Å². The average molecular weight is 521 g/mol. The van der Waals surface area contributed by atoms with Crippen molar-refractivity contribution in [3.8, 4) is 0 Å². The number of alkyl carbamates (subject to hydrolysis) is 1. The molecular formula is C22H16ClF3N6O2S. The fraction of sp³-hybridized carbons (Fsp3) is 0.273. The molecule has 3 aromatic rings. The topological polar surface area (TPSA) is 84.6 Å². The van der Waals surface area contributed by atoms with Gasteiger partial charge in [-0.3, -0.25) is 4.99 Å². The van der Waals surface area contributed by atoms with Crippen LogP contribution < -0.4 is 5.32 Å². The van der Waals surface area contributed by atoms with Crippen molar-refractivity contribution in [3.63, 3.8) is 0 Å². The van der Waals surface area contributed by atoms with Gasteiger partial charge in [0.05, 0.1) is 17.3 Å². The normalized spacial score (nSPS) is 23.7. The molecule has 180 valence electrons. The summed E-state index contributed by atoms with van der Waals surface area (Å²) in [6.07, 6.45) is 2.64. The Balaban J connectivity index is 1.57. The Morgan fingerprint density at radius 2 is 2.17 bits per heavy atom. The molecule has 2 saturated heterocycles. The number of ether oxygens (including phenoxy) is 1. The predicted octanol–water partition coefficient (Wildman–Crippen LogP) is 4.62. The van der Waals surface area contributed by atoms with Gasteiger partial charge >= 0.3 is 12.6 Å². The molecule has 35 heavy (non-hydrogen) atoms. The van der Waals surface area contributed by atoms with Gasteiger partial charge in [-0.25, -0.2) is 18.9 Å². The molecule has 1 amide bonds. The van der Waals surface area contributed by atoms with Crippen LogP contribution in [0.5, 0.6) is 0 Å². The van der Waals surface area contributed by atoms with E-state index in [2.05, 4.69) is 15.4 Å². The highest BCUT2D eigenvalue weighted by Crippen LogP contribution is 2.47. The Hall–Kier alpha value is -3.38. The van der Waals surface area contributed by atoms with Gasteiger partial charge in [0.1, 0.15) is 24.0 Å². The summed E-state index contributed by atoms with van der Waals surface area (Å²) in [6.45, 7) is -2.35. The summed E-state index contributed by atoms with van der Waals surface area (Å²) in [6, 6.07) is 5.05. The number of aliphatic imine (C=N–C) groups is 1. The number of benzene rings is 1. The van der Waals surface area contributed by atoms with E-state index in [1.165, 1.54) is 35.7 Å². The number of aromatic nitrogens is 3. The molecule has 5 heterocycles. The molecule has 0 radical (unpaired) electrons. The van der Waals surface area contributed by atoms with Crippen molar-refractivity contribution < 1.29 is 22.7 Å². The van der Waals surface area contributed by atoms with Crippen LogP contribution in [0, 0.1) is 5.82 Å². The van der Waals surface area contributed by atoms with Gasteiger partial charge < -0.3 is 15.0 Å². The number of carbonyl (C=O) groups excluding carboxylic acids is 1. The van der Waals surface area contributed by atoms with Gasteiger partial charge in [0.2, 0.25) is 0 Å². The molecule has 1 spiro atoms. The largest absolute Gasteiger partial charge is 0.447 e. The van der Waals surface area contributed by atoms with Crippen molar-refractivity contribution in [2.45, 2.75) is 24.6 Å². The van der Waals surface area contributed by atoms with Crippen molar-refractivity contribution >= 4 is 40.4 Å². The third-order valence-corrected chi connectivity index (χ3v) is 7.27. The highest BCUT2D eigenvalue weighted by atomic mass is 35.5. The van der Waals surface area contributed by atoms with Gasteiger partial charge in [-0.15, -0.1) is 11.3 Å². The van der Waals surface area contributed by atoms with E-state index < -0.39 is 30.0 Å². The van der Waals surface area contributed by atoms with Crippen molar-refractivity contribution in [2.75, 3.05) is 13.2 Å². The van der Waals surface area contributed by atoms with Gasteiger partial charge in [0, 0.05) is 35.5 Å². The maximum atomic E-state index is 14.5. The second-order valence-electron chi connectivity index (χ2n) is 8.43. The second-order valence-corrected chi connectivity index (χ2v) is 9.73. The number of nitrogens with one attached hydrogen (secondary N) is 1. The molecule has 2 fully saturated rings. The Morgan fingerprint density at radius 3 is 2.83 bits per heavy atom. The molecule has 0 aliphatic carbocycles. The second kappa shape index (κ2) is 8.09. The van der Waals surface area contributed by atoms with E-state index in [9.17, 15) is 18.0 Å². The van der Waals surface area contributed by atoms with E-state index >= 15 is 0 Å². The van der Waals surface area contributed by atoms with Crippen LogP contribution in [0.3, 0.4) is 0 Å². The van der Waals surface area contributed by atoms with Crippen LogP contribution >= 0.6 is 22.9 Å². The zero-order valence-corrected chi connectivity index (χ0v) is 19.4. The molecule has 3 aliphatic rings. The summed E-state index contributed by atoms with van der Waals surface area (Å²) in [5, 5.41) is 9.37. The SMILES string of the molecule is O=C1N[C@@]2(CO1)CC1=C(c3ccn(C(F)F)n3)[C@@H](c3ccc(Cl)c(F)c3)N=C(c3nccs3)N1C2. The molecule has 0 bridgehead atoms. The average Bonchev–Trinajstić information content (AvgIpc) is 3.62. The molecule has 2 aromatic heterocycles. The Bertz CT molecular complexity index is 1390. The van der Waals surface area contributed by atoms with E-state index in [0.717, 1.165) is 5.70 Å². The first-order valence-electron chi connectivity index (χ1n) is 10.6. The first kappa shape index (κ1) is 22.1. The van der Waals surface area contributed by atoms with E-state index in [0.29, 0.717) is 39.6 Å². The number of nitrogens with zero attached hydrogens (tertiary/aromatic N) is 5. The Morgan fingerprint density at radius 1 is 1.31 bits per heavy atom. The van der Waals surface area contributed by atoms with Crippen molar-refractivity contribution in [2.24, 2.45) is 4.99 Å². The lowest BCUT2D eigenvalue weighted by atomic mass is 9.90. The number of cyclic esters (lactones) is 1. The zero-order chi connectivity index (χ0) is 24.3. The number of amides is 1. The van der Waals surface area contributed by atoms with Crippen molar-refractivity contribution in [1.29, 1.82) is 0 Å². The summed E-state index contributed by atoms with van der Waals surface area (Å²) in [4.78, 5) is 23.2. The molecule has 6 rings (SSSR count). The highest BCUT2D eigenvalue weighted by Gasteiger charge is 2.52. The van der Waals surface area contributed by atoms with Crippen molar-refractivity contribution in [1.82, 2.24) is 25.0 Å². The molecule has 0 saturated carbocycles. The maximum Gasteiger partial charge on any atom is 0.407 e. The zero-order valence-electron chi connectivity index (χ0n) is 17.8. The summed E-state index contributed by atoms with van der Waals surface area (Å²) in [5.74, 6) is -0.0928. The molecule has 0 unspecified atom stereocenters. The van der Waals surface area contributed by atoms with Gasteiger partial charge in [-0.2, -0.15) is 13.9 Å². The quantitative estimate of drug-likeness (QED) is 0.542. The van der Waals surface area contributed by atoms with E-state index in [-0.39, 0.29) is 17.3 Å². The predicted molar refractivity (Wildman–Crippen MR) is 122 cm³/mol. The number of hydrogen-bond donors (Lipinski definition) is 1. The van der Waals surface area contributed by atoms with Crippen molar-refractivity contribution in [3.05, 3.63) is 74.8 Å². The van der Waals surface area contributed by atoms with Gasteiger partial charge in [0.25, 0.3) is 0 Å². The van der Waals surface area contributed by atoms with Crippen LogP contribution in [0.4, 0.5) is 18.0 Å². The lowest BCUT2D eigenvalue weighted by Crippen LogP contribution is -2.46. The Labute approximate surface area is 205 Å². The number of thiazole rings is 1. The number of fused-ring (bicyclic) bond motifs is 1. The van der Waals surface area contributed by atoms with E-state index in [1.54, 1.807) is 12.3 Å². The van der Waals surface area contributed by atoms with Gasteiger partial charge in [0.15, 0.2) is 10.8 Å². The molecule has 8 nitrogen and oxygen atoms in total. The summed E-state index contributed by atoms with van der Waals surface area (Å²) in [7, 11) is 0. The van der Waals surface area contributed by atoms with Crippen LogP contribution in [0.1, 0.15) is 35.3 Å². The summed E-state index contributed by atoms with van der Waals surface area (Å²) in [5.41, 5.74) is 1.26. The Kier molecular flexibility index (Phi) is 5.11. The smallest absolute Gasteiger partial charge is 0.407 e. The number of carbonyl (C=O) groups is 1. The van der Waals surface area contributed by atoms with Gasteiger partial charge in [-0.1, -0.05) is 17.7 Å². The minimum atomic E-state index is -2.83. The monoisotopic (exact) mass is 520 g/mol. The fourth-order valence-corrected chi connectivity index (χ4v) is 5.47. The standard InChI is InChI=1S/C22H16ClF3N6O2S/c23-12-2-1-11(7-13(12)24)17-16(14-3-5-32(30-14)20(25)26)15-8-22(10-34-21(33)29-22)9-31(15)18(28-17)19-27-4-6-35-19/h1-7,17,20H,8-10H2,(H,29,33)/t17-,22+/m1/s1. The third kappa shape index (κ3) is 3.67. The van der Waals surface area contributed by atoms with Crippen LogP contribution in [0.25, 0.3) is 5.57 Å². The molecule has 2 atom stereocenters. The summed E-state index contributed by atoms with van der Waals surface area (Å²) < 4.78 is 47.0.